The van der Waals surface area contributed by atoms with E-state index in [9.17, 15) is 0 Å². The van der Waals surface area contributed by atoms with Crippen LogP contribution in [0.4, 0.5) is 0 Å². The minimum absolute atomic E-state index is 0.430. The van der Waals surface area contributed by atoms with Gasteiger partial charge in [-0.3, -0.25) is 4.90 Å². The maximum absolute atomic E-state index is 3.65. The van der Waals surface area contributed by atoms with Gasteiger partial charge in [0.1, 0.15) is 0 Å². The minimum Gasteiger partial charge on any atom is -0.309 e. The molecule has 0 heterocycles. The average molecular weight is 290 g/mol. The van der Waals surface area contributed by atoms with Gasteiger partial charge in [0.2, 0.25) is 0 Å². The van der Waals surface area contributed by atoms with Crippen LogP contribution in [-0.2, 0) is 6.42 Å². The quantitative estimate of drug-likeness (QED) is 0.686. The van der Waals surface area contributed by atoms with E-state index in [1.807, 2.05) is 0 Å². The van der Waals surface area contributed by atoms with Crippen molar-refractivity contribution in [3.05, 3.63) is 35.4 Å². The highest BCUT2D eigenvalue weighted by Gasteiger charge is 2.17. The molecule has 0 bridgehead atoms. The first-order chi connectivity index (χ1) is 10.2. The van der Waals surface area contributed by atoms with Gasteiger partial charge in [0, 0.05) is 18.6 Å². The molecular weight excluding hydrogens is 256 g/mol. The SMILES string of the molecule is CCCc1ccc(C(CN(CC)C(C)CC)NCC)cc1. The molecule has 1 rings (SSSR count). The Kier molecular flexibility index (Phi) is 8.63. The standard InChI is InChI=1S/C19H34N2/c1-6-10-17-11-13-18(14-12-17)19(20-8-3)15-21(9-4)16(5)7-2/h11-14,16,19-20H,6-10,15H2,1-5H3. The molecule has 2 atom stereocenters. The zero-order chi connectivity index (χ0) is 15.7. The Labute approximate surface area is 131 Å². The molecule has 0 radical (unpaired) electrons. The number of likely N-dealkylation sites (N-methyl/N-ethyl adjacent to an activating group) is 2. The van der Waals surface area contributed by atoms with E-state index in [1.165, 1.54) is 30.4 Å². The summed E-state index contributed by atoms with van der Waals surface area (Å²) in [4.78, 5) is 2.58. The van der Waals surface area contributed by atoms with E-state index < -0.39 is 0 Å². The fourth-order valence-electron chi connectivity index (χ4n) is 2.85. The van der Waals surface area contributed by atoms with Gasteiger partial charge in [0.25, 0.3) is 0 Å². The van der Waals surface area contributed by atoms with E-state index in [2.05, 4.69) is 69.1 Å². The lowest BCUT2D eigenvalue weighted by atomic mass is 10.0. The third-order valence-corrected chi connectivity index (χ3v) is 4.41. The van der Waals surface area contributed by atoms with Crippen molar-refractivity contribution >= 4 is 0 Å². The number of nitrogens with zero attached hydrogens (tertiary/aromatic N) is 1. The summed E-state index contributed by atoms with van der Waals surface area (Å²) < 4.78 is 0. The summed E-state index contributed by atoms with van der Waals surface area (Å²) in [5.74, 6) is 0. The van der Waals surface area contributed by atoms with Crippen LogP contribution in [0.15, 0.2) is 24.3 Å². The van der Waals surface area contributed by atoms with Crippen molar-refractivity contribution < 1.29 is 0 Å². The highest BCUT2D eigenvalue weighted by atomic mass is 15.2. The molecule has 2 heteroatoms. The third-order valence-electron chi connectivity index (χ3n) is 4.41. The summed E-state index contributed by atoms with van der Waals surface area (Å²) in [6, 6.07) is 10.3. The molecule has 2 unspecified atom stereocenters. The van der Waals surface area contributed by atoms with Crippen LogP contribution in [0.5, 0.6) is 0 Å². The topological polar surface area (TPSA) is 15.3 Å². The van der Waals surface area contributed by atoms with Crippen molar-refractivity contribution in [3.63, 3.8) is 0 Å². The fourth-order valence-corrected chi connectivity index (χ4v) is 2.85. The zero-order valence-corrected chi connectivity index (χ0v) is 14.7. The molecule has 0 saturated carbocycles. The van der Waals surface area contributed by atoms with E-state index in [0.29, 0.717) is 12.1 Å². The van der Waals surface area contributed by atoms with Gasteiger partial charge in [-0.05, 0) is 44.0 Å². The molecule has 0 spiro atoms. The molecular formula is C19H34N2. The lowest BCUT2D eigenvalue weighted by Crippen LogP contribution is -2.40. The van der Waals surface area contributed by atoms with E-state index in [0.717, 1.165) is 19.6 Å². The molecule has 0 aliphatic carbocycles. The van der Waals surface area contributed by atoms with Crippen LogP contribution in [-0.4, -0.2) is 30.6 Å². The average Bonchev–Trinajstić information content (AvgIpc) is 2.52. The Bertz CT molecular complexity index is 372. The molecule has 0 saturated heterocycles. The normalized spacial score (nSPS) is 14.4. The molecule has 0 aliphatic rings. The van der Waals surface area contributed by atoms with Gasteiger partial charge in [-0.25, -0.2) is 0 Å². The molecule has 21 heavy (non-hydrogen) atoms. The van der Waals surface area contributed by atoms with E-state index in [1.54, 1.807) is 0 Å². The van der Waals surface area contributed by atoms with Crippen molar-refractivity contribution in [1.29, 1.82) is 0 Å². The Morgan fingerprint density at radius 2 is 1.71 bits per heavy atom. The van der Waals surface area contributed by atoms with Gasteiger partial charge in [-0.15, -0.1) is 0 Å². The van der Waals surface area contributed by atoms with Gasteiger partial charge in [-0.1, -0.05) is 58.4 Å². The van der Waals surface area contributed by atoms with Crippen LogP contribution in [0.25, 0.3) is 0 Å². The Morgan fingerprint density at radius 1 is 1.05 bits per heavy atom. The second-order valence-electron chi connectivity index (χ2n) is 5.95. The molecule has 0 amide bonds. The van der Waals surface area contributed by atoms with Crippen molar-refractivity contribution in [2.24, 2.45) is 0 Å². The first kappa shape index (κ1) is 18.2. The number of rotatable bonds is 10. The van der Waals surface area contributed by atoms with Crippen LogP contribution < -0.4 is 5.32 Å². The highest BCUT2D eigenvalue weighted by Crippen LogP contribution is 2.18. The summed E-state index contributed by atoms with van der Waals surface area (Å²) in [5.41, 5.74) is 2.87. The second kappa shape index (κ2) is 9.97. The lowest BCUT2D eigenvalue weighted by molar-refractivity contribution is 0.192. The maximum atomic E-state index is 3.65. The number of aryl methyl sites for hydroxylation is 1. The van der Waals surface area contributed by atoms with Gasteiger partial charge >= 0.3 is 0 Å². The molecule has 0 aliphatic heterocycles. The monoisotopic (exact) mass is 290 g/mol. The van der Waals surface area contributed by atoms with E-state index in [-0.39, 0.29) is 0 Å². The Hall–Kier alpha value is -0.860. The maximum Gasteiger partial charge on any atom is 0.0449 e. The predicted octanol–water partition coefficient (Wildman–Crippen LogP) is 4.41. The van der Waals surface area contributed by atoms with Crippen molar-refractivity contribution in [2.75, 3.05) is 19.6 Å². The number of nitrogens with one attached hydrogen (secondary N) is 1. The van der Waals surface area contributed by atoms with Crippen LogP contribution in [0.1, 0.15) is 64.6 Å². The first-order valence-electron chi connectivity index (χ1n) is 8.72. The van der Waals surface area contributed by atoms with Crippen molar-refractivity contribution in [2.45, 2.75) is 66.0 Å². The summed E-state index contributed by atoms with van der Waals surface area (Å²) >= 11 is 0. The van der Waals surface area contributed by atoms with E-state index >= 15 is 0 Å². The lowest BCUT2D eigenvalue weighted by Gasteiger charge is -2.31. The molecule has 120 valence electrons. The van der Waals surface area contributed by atoms with Crippen LogP contribution >= 0.6 is 0 Å². The number of benzene rings is 1. The summed E-state index contributed by atoms with van der Waals surface area (Å²) in [7, 11) is 0. The highest BCUT2D eigenvalue weighted by molar-refractivity contribution is 5.25. The smallest absolute Gasteiger partial charge is 0.0449 e. The molecule has 0 aromatic heterocycles. The number of hydrogen-bond acceptors (Lipinski definition) is 2. The van der Waals surface area contributed by atoms with E-state index in [4.69, 9.17) is 0 Å². The second-order valence-corrected chi connectivity index (χ2v) is 5.95. The Morgan fingerprint density at radius 3 is 2.19 bits per heavy atom. The molecule has 2 nitrogen and oxygen atoms in total. The molecule has 1 N–H and O–H groups in total. The van der Waals surface area contributed by atoms with Gasteiger partial charge in [0.05, 0.1) is 0 Å². The summed E-state index contributed by atoms with van der Waals surface area (Å²) in [5, 5.41) is 3.65. The number of hydrogen-bond donors (Lipinski definition) is 1. The largest absolute Gasteiger partial charge is 0.309 e. The molecule has 1 aromatic rings. The van der Waals surface area contributed by atoms with Crippen LogP contribution in [0.2, 0.25) is 0 Å². The summed E-state index contributed by atoms with van der Waals surface area (Å²) in [6.45, 7) is 14.5. The fraction of sp³-hybridized carbons (Fsp3) is 0.684. The minimum atomic E-state index is 0.430. The van der Waals surface area contributed by atoms with Gasteiger partial charge in [0.15, 0.2) is 0 Å². The zero-order valence-electron chi connectivity index (χ0n) is 14.7. The van der Waals surface area contributed by atoms with Crippen molar-refractivity contribution in [3.8, 4) is 0 Å². The molecule has 0 fully saturated rings. The van der Waals surface area contributed by atoms with Gasteiger partial charge < -0.3 is 5.32 Å². The van der Waals surface area contributed by atoms with Crippen LogP contribution in [0.3, 0.4) is 0 Å². The van der Waals surface area contributed by atoms with Gasteiger partial charge in [-0.2, -0.15) is 0 Å². The third kappa shape index (κ3) is 5.80. The Balaban J connectivity index is 2.79. The predicted molar refractivity (Wildman–Crippen MR) is 93.9 cm³/mol. The molecule has 1 aromatic carbocycles. The summed E-state index contributed by atoms with van der Waals surface area (Å²) in [6.07, 6.45) is 3.61. The van der Waals surface area contributed by atoms with Crippen molar-refractivity contribution in [1.82, 2.24) is 10.2 Å². The first-order valence-corrected chi connectivity index (χ1v) is 8.72. The van der Waals surface area contributed by atoms with Crippen LogP contribution in [0, 0.1) is 0 Å².